The van der Waals surface area contributed by atoms with Crippen LogP contribution < -0.4 is 15.5 Å². The van der Waals surface area contributed by atoms with Crippen LogP contribution in [0.15, 0.2) is 42.5 Å². The van der Waals surface area contributed by atoms with Gasteiger partial charge in [-0.2, -0.15) is 13.2 Å². The Balaban J connectivity index is 1.70. The van der Waals surface area contributed by atoms with Gasteiger partial charge in [0.15, 0.2) is 0 Å². The van der Waals surface area contributed by atoms with Crippen molar-refractivity contribution >= 4 is 22.3 Å². The summed E-state index contributed by atoms with van der Waals surface area (Å²) in [6.45, 7) is 9.12. The number of piperazine rings is 1. The number of hydrogen-bond acceptors (Lipinski definition) is 4. The summed E-state index contributed by atoms with van der Waals surface area (Å²) in [6.07, 6.45) is -4.36. The summed E-state index contributed by atoms with van der Waals surface area (Å²) in [6, 6.07) is 12.3. The summed E-state index contributed by atoms with van der Waals surface area (Å²) < 4.78 is 40.1. The summed E-state index contributed by atoms with van der Waals surface area (Å²) in [5.41, 5.74) is 4.04. The molecule has 7 heteroatoms. The Morgan fingerprint density at radius 1 is 1.06 bits per heavy atom. The van der Waals surface area contributed by atoms with Crippen LogP contribution in [0.3, 0.4) is 0 Å². The van der Waals surface area contributed by atoms with Crippen molar-refractivity contribution in [1.29, 1.82) is 0 Å². The largest absolute Gasteiger partial charge is 0.416 e. The maximum atomic E-state index is 13.4. The minimum absolute atomic E-state index is 0.256. The number of alkyl halides is 3. The molecule has 0 saturated carbocycles. The fraction of sp³-hybridized carbons (Fsp3) is 0.375. The van der Waals surface area contributed by atoms with Crippen LogP contribution in [0.5, 0.6) is 0 Å². The maximum Gasteiger partial charge on any atom is 0.416 e. The Bertz CT molecular complexity index is 1090. The van der Waals surface area contributed by atoms with Gasteiger partial charge in [-0.1, -0.05) is 12.1 Å². The summed E-state index contributed by atoms with van der Waals surface area (Å²) in [5.74, 6) is 0. The van der Waals surface area contributed by atoms with Crippen LogP contribution in [-0.2, 0) is 6.18 Å². The van der Waals surface area contributed by atoms with Crippen LogP contribution in [0, 0.1) is 13.8 Å². The standard InChI is InChI=1S/C24H27F3N4/c1-15-13-23(30-17(3)19-5-4-6-21(16(19)2)24(25,26)27)20-14-18(7-8-22(20)29-15)31-11-9-28-10-12-31/h4-8,13-14,17,28H,9-12H2,1-3H3,(H,29,30). The van der Waals surface area contributed by atoms with Gasteiger partial charge < -0.3 is 15.5 Å². The zero-order valence-electron chi connectivity index (χ0n) is 18.0. The van der Waals surface area contributed by atoms with Crippen LogP contribution >= 0.6 is 0 Å². The molecule has 2 heterocycles. The Morgan fingerprint density at radius 3 is 2.52 bits per heavy atom. The first-order valence-electron chi connectivity index (χ1n) is 10.5. The number of hydrogen-bond donors (Lipinski definition) is 2. The molecule has 2 aromatic carbocycles. The van der Waals surface area contributed by atoms with E-state index in [2.05, 4.69) is 32.7 Å². The third-order valence-electron chi connectivity index (χ3n) is 5.92. The number of nitrogens with zero attached hydrogens (tertiary/aromatic N) is 2. The lowest BCUT2D eigenvalue weighted by Gasteiger charge is -2.30. The monoisotopic (exact) mass is 428 g/mol. The molecule has 1 aromatic heterocycles. The topological polar surface area (TPSA) is 40.2 Å². The smallest absolute Gasteiger partial charge is 0.378 e. The first-order chi connectivity index (χ1) is 14.7. The summed E-state index contributed by atoms with van der Waals surface area (Å²) >= 11 is 0. The normalized spacial score (nSPS) is 15.9. The first kappa shape index (κ1) is 21.4. The van der Waals surface area contributed by atoms with Gasteiger partial charge >= 0.3 is 6.18 Å². The van der Waals surface area contributed by atoms with Crippen molar-refractivity contribution in [3.8, 4) is 0 Å². The molecule has 0 spiro atoms. The molecule has 1 saturated heterocycles. The van der Waals surface area contributed by atoms with E-state index in [1.807, 2.05) is 26.0 Å². The van der Waals surface area contributed by atoms with E-state index in [1.165, 1.54) is 13.0 Å². The van der Waals surface area contributed by atoms with Crippen molar-refractivity contribution in [2.24, 2.45) is 0 Å². The fourth-order valence-electron chi connectivity index (χ4n) is 4.33. The minimum Gasteiger partial charge on any atom is -0.378 e. The molecule has 1 aliphatic rings. The third-order valence-corrected chi connectivity index (χ3v) is 5.92. The Kier molecular flexibility index (Phi) is 5.79. The molecule has 1 fully saturated rings. The lowest BCUT2D eigenvalue weighted by atomic mass is 9.97. The molecular weight excluding hydrogens is 401 g/mol. The van der Waals surface area contributed by atoms with E-state index in [4.69, 9.17) is 0 Å². The molecule has 0 amide bonds. The molecule has 31 heavy (non-hydrogen) atoms. The molecule has 4 rings (SSSR count). The van der Waals surface area contributed by atoms with E-state index < -0.39 is 11.7 Å². The third kappa shape index (κ3) is 4.46. The van der Waals surface area contributed by atoms with Gasteiger partial charge in [0, 0.05) is 54.7 Å². The Labute approximate surface area is 180 Å². The van der Waals surface area contributed by atoms with E-state index in [0.29, 0.717) is 5.56 Å². The zero-order chi connectivity index (χ0) is 22.2. The van der Waals surface area contributed by atoms with E-state index in [1.54, 1.807) is 6.07 Å². The average molecular weight is 429 g/mol. The van der Waals surface area contributed by atoms with Crippen LogP contribution in [0.25, 0.3) is 10.9 Å². The molecule has 164 valence electrons. The highest BCUT2D eigenvalue weighted by atomic mass is 19.4. The molecular formula is C24H27F3N4. The van der Waals surface area contributed by atoms with Gasteiger partial charge in [-0.15, -0.1) is 0 Å². The number of aromatic nitrogens is 1. The molecule has 2 N–H and O–H groups in total. The number of nitrogens with one attached hydrogen (secondary N) is 2. The molecule has 0 radical (unpaired) electrons. The second-order valence-corrected chi connectivity index (χ2v) is 8.13. The van der Waals surface area contributed by atoms with Crippen LogP contribution in [0.4, 0.5) is 24.5 Å². The molecule has 1 aliphatic heterocycles. The number of fused-ring (bicyclic) bond motifs is 1. The quantitative estimate of drug-likeness (QED) is 0.580. The van der Waals surface area contributed by atoms with Crippen LogP contribution in [-0.4, -0.2) is 31.2 Å². The molecule has 1 atom stereocenters. The van der Waals surface area contributed by atoms with Crippen molar-refractivity contribution in [3.63, 3.8) is 0 Å². The summed E-state index contributed by atoms with van der Waals surface area (Å²) in [7, 11) is 0. The van der Waals surface area contributed by atoms with Crippen molar-refractivity contribution in [2.75, 3.05) is 36.4 Å². The number of rotatable bonds is 4. The predicted octanol–water partition coefficient (Wildman–Crippen LogP) is 5.45. The second kappa shape index (κ2) is 8.38. The first-order valence-corrected chi connectivity index (χ1v) is 10.5. The van der Waals surface area contributed by atoms with Crippen molar-refractivity contribution in [2.45, 2.75) is 33.0 Å². The van der Waals surface area contributed by atoms with Crippen LogP contribution in [0.2, 0.25) is 0 Å². The van der Waals surface area contributed by atoms with Crippen molar-refractivity contribution in [3.05, 3.63) is 64.8 Å². The Hall–Kier alpha value is -2.80. The highest BCUT2D eigenvalue weighted by Crippen LogP contribution is 2.36. The molecule has 0 aliphatic carbocycles. The van der Waals surface area contributed by atoms with E-state index in [9.17, 15) is 13.2 Å². The van der Waals surface area contributed by atoms with Gasteiger partial charge in [0.1, 0.15) is 0 Å². The maximum absolute atomic E-state index is 13.4. The highest BCUT2D eigenvalue weighted by Gasteiger charge is 2.33. The van der Waals surface area contributed by atoms with Gasteiger partial charge in [0.25, 0.3) is 0 Å². The second-order valence-electron chi connectivity index (χ2n) is 8.13. The lowest BCUT2D eigenvalue weighted by Crippen LogP contribution is -2.43. The van der Waals surface area contributed by atoms with E-state index in [0.717, 1.165) is 60.2 Å². The molecule has 4 nitrogen and oxygen atoms in total. The highest BCUT2D eigenvalue weighted by molar-refractivity contribution is 5.94. The fourth-order valence-corrected chi connectivity index (χ4v) is 4.33. The van der Waals surface area contributed by atoms with Crippen LogP contribution in [0.1, 0.15) is 35.3 Å². The number of pyridine rings is 1. The van der Waals surface area contributed by atoms with Gasteiger partial charge in [0.05, 0.1) is 11.1 Å². The van der Waals surface area contributed by atoms with Gasteiger partial charge in [0.2, 0.25) is 0 Å². The summed E-state index contributed by atoms with van der Waals surface area (Å²) in [5, 5.41) is 7.78. The van der Waals surface area contributed by atoms with E-state index in [-0.39, 0.29) is 11.6 Å². The predicted molar refractivity (Wildman–Crippen MR) is 120 cm³/mol. The zero-order valence-corrected chi connectivity index (χ0v) is 18.0. The summed E-state index contributed by atoms with van der Waals surface area (Å²) in [4.78, 5) is 6.98. The molecule has 3 aromatic rings. The average Bonchev–Trinajstić information content (AvgIpc) is 2.73. The van der Waals surface area contributed by atoms with E-state index >= 15 is 0 Å². The number of halogens is 3. The number of aryl methyl sites for hydroxylation is 1. The van der Waals surface area contributed by atoms with Gasteiger partial charge in [-0.05, 0) is 62.2 Å². The molecule has 0 bridgehead atoms. The minimum atomic E-state index is -4.36. The van der Waals surface area contributed by atoms with Crippen molar-refractivity contribution in [1.82, 2.24) is 10.3 Å². The van der Waals surface area contributed by atoms with Crippen molar-refractivity contribution < 1.29 is 13.2 Å². The van der Waals surface area contributed by atoms with Gasteiger partial charge in [-0.25, -0.2) is 0 Å². The lowest BCUT2D eigenvalue weighted by molar-refractivity contribution is -0.138. The SMILES string of the molecule is Cc1cc(NC(C)c2cccc(C(F)(F)F)c2C)c2cc(N3CCNCC3)ccc2n1. The molecule has 1 unspecified atom stereocenters. The number of anilines is 2. The van der Waals surface area contributed by atoms with Gasteiger partial charge in [-0.3, -0.25) is 4.98 Å². The Morgan fingerprint density at radius 2 is 1.81 bits per heavy atom. The number of benzene rings is 2.